The molecule has 0 fully saturated rings. The van der Waals surface area contributed by atoms with Gasteiger partial charge in [0.25, 0.3) is 0 Å². The van der Waals surface area contributed by atoms with Crippen LogP contribution < -0.4 is 0 Å². The molecule has 0 aromatic carbocycles. The van der Waals surface area contributed by atoms with E-state index in [0.29, 0.717) is 5.65 Å². The normalized spacial score (nSPS) is 10.8. The van der Waals surface area contributed by atoms with Gasteiger partial charge < -0.3 is 0 Å². The lowest BCUT2D eigenvalue weighted by atomic mass is 10.3. The van der Waals surface area contributed by atoms with E-state index in [1.165, 1.54) is 6.92 Å². The Hall–Kier alpha value is -1.16. The molecule has 2 aromatic rings. The second kappa shape index (κ2) is 3.20. The molecule has 0 spiro atoms. The Kier molecular flexibility index (Phi) is 2.15. The first-order valence-electron chi connectivity index (χ1n) is 4.25. The molecule has 0 saturated heterocycles. The van der Waals surface area contributed by atoms with Gasteiger partial charge in [0.1, 0.15) is 10.3 Å². The van der Waals surface area contributed by atoms with Crippen molar-refractivity contribution in [3.63, 3.8) is 0 Å². The van der Waals surface area contributed by atoms with Crippen molar-refractivity contribution in [1.82, 2.24) is 9.55 Å². The van der Waals surface area contributed by atoms with Crippen LogP contribution in [0.2, 0.25) is 0 Å². The average Bonchev–Trinajstić information content (AvgIpc) is 2.40. The molecule has 3 nitrogen and oxygen atoms in total. The molecule has 2 rings (SSSR count). The van der Waals surface area contributed by atoms with Gasteiger partial charge in [-0.25, -0.2) is 4.98 Å². The highest BCUT2D eigenvalue weighted by Gasteiger charge is 2.09. The molecule has 72 valence electrons. The molecule has 0 bridgehead atoms. The van der Waals surface area contributed by atoms with Gasteiger partial charge in [0, 0.05) is 18.0 Å². The van der Waals surface area contributed by atoms with Gasteiger partial charge >= 0.3 is 0 Å². The summed E-state index contributed by atoms with van der Waals surface area (Å²) >= 11 is 3.29. The Morgan fingerprint density at radius 2 is 2.21 bits per heavy atom. The van der Waals surface area contributed by atoms with Gasteiger partial charge in [-0.2, -0.15) is 0 Å². The number of nitrogens with zero attached hydrogens (tertiary/aromatic N) is 2. The number of hydrogen-bond acceptors (Lipinski definition) is 2. The minimum atomic E-state index is -0.0110. The highest BCUT2D eigenvalue weighted by atomic mass is 79.9. The predicted octanol–water partition coefficient (Wildman–Crippen LogP) is 2.77. The molecule has 0 atom stereocenters. The molecule has 0 unspecified atom stereocenters. The van der Waals surface area contributed by atoms with E-state index in [1.54, 1.807) is 4.57 Å². The van der Waals surface area contributed by atoms with Crippen LogP contribution in [0.4, 0.5) is 0 Å². The van der Waals surface area contributed by atoms with Crippen molar-refractivity contribution < 1.29 is 4.79 Å². The van der Waals surface area contributed by atoms with Crippen LogP contribution >= 0.6 is 15.9 Å². The summed E-state index contributed by atoms with van der Waals surface area (Å²) in [7, 11) is 0. The van der Waals surface area contributed by atoms with Crippen molar-refractivity contribution in [2.24, 2.45) is 0 Å². The lowest BCUT2D eigenvalue weighted by molar-refractivity contribution is 0.0939. The first-order valence-corrected chi connectivity index (χ1v) is 5.04. The molecule has 4 heteroatoms. The summed E-state index contributed by atoms with van der Waals surface area (Å²) in [6.45, 7) is 3.44. The van der Waals surface area contributed by atoms with Crippen molar-refractivity contribution >= 4 is 32.9 Å². The van der Waals surface area contributed by atoms with Gasteiger partial charge in [-0.05, 0) is 41.1 Å². The molecule has 0 aliphatic rings. The topological polar surface area (TPSA) is 34.9 Å². The van der Waals surface area contributed by atoms with Crippen molar-refractivity contribution in [1.29, 1.82) is 0 Å². The van der Waals surface area contributed by atoms with Gasteiger partial charge in [-0.3, -0.25) is 9.36 Å². The van der Waals surface area contributed by atoms with E-state index in [2.05, 4.69) is 20.9 Å². The maximum Gasteiger partial charge on any atom is 0.229 e. The van der Waals surface area contributed by atoms with Crippen molar-refractivity contribution in [2.75, 3.05) is 0 Å². The summed E-state index contributed by atoms with van der Waals surface area (Å²) < 4.78 is 2.35. The Bertz CT molecular complexity index is 516. The first kappa shape index (κ1) is 9.40. The number of hydrogen-bond donors (Lipinski definition) is 0. The van der Waals surface area contributed by atoms with Gasteiger partial charge in [0.15, 0.2) is 0 Å². The van der Waals surface area contributed by atoms with Crippen molar-refractivity contribution in [3.8, 4) is 0 Å². The predicted molar refractivity (Wildman–Crippen MR) is 58.5 cm³/mol. The van der Waals surface area contributed by atoms with E-state index in [-0.39, 0.29) is 5.91 Å². The second-order valence-electron chi connectivity index (χ2n) is 3.19. The maximum atomic E-state index is 11.4. The largest absolute Gasteiger partial charge is 0.274 e. The molecule has 14 heavy (non-hydrogen) atoms. The van der Waals surface area contributed by atoms with Crippen LogP contribution in [0.1, 0.15) is 17.4 Å². The third-order valence-electron chi connectivity index (χ3n) is 2.12. The number of carbonyl (C=O) groups is 1. The van der Waals surface area contributed by atoms with Crippen LogP contribution in [-0.2, 0) is 0 Å². The number of fused-ring (bicyclic) bond motifs is 1. The van der Waals surface area contributed by atoms with Crippen LogP contribution in [-0.4, -0.2) is 15.5 Å². The summed E-state index contributed by atoms with van der Waals surface area (Å²) in [5.41, 5.74) is 1.63. The molecule has 2 heterocycles. The van der Waals surface area contributed by atoms with E-state index in [4.69, 9.17) is 0 Å². The average molecular weight is 253 g/mol. The lowest BCUT2D eigenvalue weighted by Crippen LogP contribution is -2.07. The first-order chi connectivity index (χ1) is 6.59. The number of aryl methyl sites for hydroxylation is 1. The zero-order valence-corrected chi connectivity index (χ0v) is 9.50. The third-order valence-corrected chi connectivity index (χ3v) is 2.56. The maximum absolute atomic E-state index is 11.4. The van der Waals surface area contributed by atoms with E-state index in [1.807, 2.05) is 25.1 Å². The number of pyridine rings is 1. The van der Waals surface area contributed by atoms with Crippen LogP contribution in [0.3, 0.4) is 0 Å². The minimum absolute atomic E-state index is 0.0110. The summed E-state index contributed by atoms with van der Waals surface area (Å²) in [6, 6.07) is 5.77. The van der Waals surface area contributed by atoms with E-state index < -0.39 is 0 Å². The molecule has 0 saturated carbocycles. The SMILES string of the molecule is CC(=O)n1c(C)cc2ccc(Br)nc21. The van der Waals surface area contributed by atoms with E-state index in [0.717, 1.165) is 15.7 Å². The number of halogens is 1. The Morgan fingerprint density at radius 1 is 1.50 bits per heavy atom. The number of carbonyl (C=O) groups excluding carboxylic acids is 1. The van der Waals surface area contributed by atoms with Crippen molar-refractivity contribution in [3.05, 3.63) is 28.5 Å². The molecule has 0 amide bonds. The van der Waals surface area contributed by atoms with Crippen LogP contribution in [0, 0.1) is 6.92 Å². The Morgan fingerprint density at radius 3 is 2.86 bits per heavy atom. The monoisotopic (exact) mass is 252 g/mol. The highest BCUT2D eigenvalue weighted by molar-refractivity contribution is 9.10. The van der Waals surface area contributed by atoms with Crippen LogP contribution in [0.15, 0.2) is 22.8 Å². The summed E-state index contributed by atoms with van der Waals surface area (Å²) in [6.07, 6.45) is 0. The fourth-order valence-corrected chi connectivity index (χ4v) is 1.88. The standard InChI is InChI=1S/C10H9BrN2O/c1-6-5-8-3-4-9(11)12-10(8)13(6)7(2)14/h3-5H,1-2H3. The molecule has 0 aliphatic carbocycles. The Labute approximate surface area is 89.9 Å². The molecule has 2 aromatic heterocycles. The zero-order chi connectivity index (χ0) is 10.3. The van der Waals surface area contributed by atoms with Gasteiger partial charge in [0.05, 0.1) is 0 Å². The van der Waals surface area contributed by atoms with Gasteiger partial charge in [-0.1, -0.05) is 0 Å². The highest BCUT2D eigenvalue weighted by Crippen LogP contribution is 2.19. The summed E-state index contributed by atoms with van der Waals surface area (Å²) in [5, 5.41) is 0.987. The molecule has 0 N–H and O–H groups in total. The summed E-state index contributed by atoms with van der Waals surface area (Å²) in [5.74, 6) is -0.0110. The quantitative estimate of drug-likeness (QED) is 0.676. The smallest absolute Gasteiger partial charge is 0.229 e. The summed E-state index contributed by atoms with van der Waals surface area (Å²) in [4.78, 5) is 15.6. The Balaban J connectivity index is 2.86. The zero-order valence-electron chi connectivity index (χ0n) is 7.91. The second-order valence-corrected chi connectivity index (χ2v) is 4.00. The van der Waals surface area contributed by atoms with E-state index >= 15 is 0 Å². The van der Waals surface area contributed by atoms with Crippen LogP contribution in [0.25, 0.3) is 11.0 Å². The molecule has 0 radical (unpaired) electrons. The minimum Gasteiger partial charge on any atom is -0.274 e. The molecular weight excluding hydrogens is 244 g/mol. The van der Waals surface area contributed by atoms with Crippen LogP contribution in [0.5, 0.6) is 0 Å². The number of aromatic nitrogens is 2. The molecular formula is C10H9BrN2O. The fraction of sp³-hybridized carbons (Fsp3) is 0.200. The van der Waals surface area contributed by atoms with Gasteiger partial charge in [0.2, 0.25) is 5.91 Å². The fourth-order valence-electron chi connectivity index (χ4n) is 1.58. The molecule has 0 aliphatic heterocycles. The number of rotatable bonds is 0. The lowest BCUT2D eigenvalue weighted by Gasteiger charge is -2.00. The van der Waals surface area contributed by atoms with Crippen molar-refractivity contribution in [2.45, 2.75) is 13.8 Å². The third kappa shape index (κ3) is 1.35. The van der Waals surface area contributed by atoms with E-state index in [9.17, 15) is 4.79 Å². The van der Waals surface area contributed by atoms with Gasteiger partial charge in [-0.15, -0.1) is 0 Å².